The lowest BCUT2D eigenvalue weighted by Gasteiger charge is -2.07. The third kappa shape index (κ3) is 4.20. The van der Waals surface area contributed by atoms with Gasteiger partial charge in [-0.15, -0.1) is 0 Å². The van der Waals surface area contributed by atoms with Crippen molar-refractivity contribution >= 4 is 11.9 Å². The minimum absolute atomic E-state index is 0.139. The van der Waals surface area contributed by atoms with E-state index in [0.717, 1.165) is 0 Å². The number of carbonyl (C=O) groups is 1. The Hall–Kier alpha value is -1.85. The molecule has 0 saturated carbocycles. The maximum atomic E-state index is 11.8. The van der Waals surface area contributed by atoms with Gasteiger partial charge in [-0.25, -0.2) is 4.98 Å². The molecule has 6 nitrogen and oxygen atoms in total. The van der Waals surface area contributed by atoms with Gasteiger partial charge in [0.15, 0.2) is 0 Å². The maximum absolute atomic E-state index is 11.8. The van der Waals surface area contributed by atoms with E-state index in [-0.39, 0.29) is 12.0 Å². The van der Waals surface area contributed by atoms with E-state index in [1.165, 1.54) is 0 Å². The molecule has 1 rings (SSSR count). The highest BCUT2D eigenvalue weighted by molar-refractivity contribution is 5.66. The SMILES string of the molecule is CCNc1nc(C)c(CCCCC(=O)O)c(=O)[nH]1. The number of hydrogen-bond donors (Lipinski definition) is 3. The van der Waals surface area contributed by atoms with Crippen LogP contribution in [0.15, 0.2) is 4.79 Å². The van der Waals surface area contributed by atoms with Crippen molar-refractivity contribution in [3.63, 3.8) is 0 Å². The van der Waals surface area contributed by atoms with Gasteiger partial charge in [-0.1, -0.05) is 0 Å². The molecule has 0 radical (unpaired) electrons. The van der Waals surface area contributed by atoms with Crippen LogP contribution < -0.4 is 10.9 Å². The van der Waals surface area contributed by atoms with Crippen molar-refractivity contribution in [3.8, 4) is 0 Å². The van der Waals surface area contributed by atoms with Gasteiger partial charge in [0, 0.05) is 24.2 Å². The fourth-order valence-corrected chi connectivity index (χ4v) is 1.73. The topological polar surface area (TPSA) is 95.1 Å². The number of unbranched alkanes of at least 4 members (excludes halogenated alkanes) is 1. The zero-order valence-electron chi connectivity index (χ0n) is 10.7. The maximum Gasteiger partial charge on any atom is 0.303 e. The Morgan fingerprint density at radius 2 is 2.17 bits per heavy atom. The van der Waals surface area contributed by atoms with E-state index in [4.69, 9.17) is 5.11 Å². The van der Waals surface area contributed by atoms with Crippen molar-refractivity contribution in [3.05, 3.63) is 21.6 Å². The molecule has 1 aromatic heterocycles. The third-order valence-electron chi connectivity index (χ3n) is 2.63. The summed E-state index contributed by atoms with van der Waals surface area (Å²) in [7, 11) is 0. The summed E-state index contributed by atoms with van der Waals surface area (Å²) in [6.07, 6.45) is 1.95. The standard InChI is InChI=1S/C12H19N3O3/c1-3-13-12-14-8(2)9(11(18)15-12)6-4-5-7-10(16)17/h3-7H2,1-2H3,(H,16,17)(H2,13,14,15,18). The van der Waals surface area contributed by atoms with Crippen LogP contribution in [0.5, 0.6) is 0 Å². The summed E-state index contributed by atoms with van der Waals surface area (Å²) in [6.45, 7) is 4.41. The Labute approximate surface area is 105 Å². The first-order valence-electron chi connectivity index (χ1n) is 6.10. The molecule has 0 aromatic carbocycles. The minimum atomic E-state index is -0.804. The highest BCUT2D eigenvalue weighted by atomic mass is 16.4. The van der Waals surface area contributed by atoms with Crippen molar-refractivity contribution < 1.29 is 9.90 Å². The van der Waals surface area contributed by atoms with Crippen LogP contribution >= 0.6 is 0 Å². The summed E-state index contributed by atoms with van der Waals surface area (Å²) in [4.78, 5) is 29.1. The number of rotatable bonds is 7. The van der Waals surface area contributed by atoms with Crippen LogP contribution in [0, 0.1) is 6.92 Å². The van der Waals surface area contributed by atoms with Gasteiger partial charge in [-0.2, -0.15) is 0 Å². The molecule has 1 aromatic rings. The number of nitrogens with one attached hydrogen (secondary N) is 2. The molecule has 100 valence electrons. The predicted molar refractivity (Wildman–Crippen MR) is 68.9 cm³/mol. The van der Waals surface area contributed by atoms with Gasteiger partial charge in [0.1, 0.15) is 0 Å². The summed E-state index contributed by atoms with van der Waals surface area (Å²) in [5.41, 5.74) is 1.20. The van der Waals surface area contributed by atoms with Crippen molar-refractivity contribution in [1.82, 2.24) is 9.97 Å². The second-order valence-corrected chi connectivity index (χ2v) is 4.11. The lowest BCUT2D eigenvalue weighted by atomic mass is 10.1. The molecule has 0 fully saturated rings. The molecule has 18 heavy (non-hydrogen) atoms. The number of aliphatic carboxylic acids is 1. The normalized spacial score (nSPS) is 10.3. The first-order chi connectivity index (χ1) is 8.54. The van der Waals surface area contributed by atoms with Crippen molar-refractivity contribution in [2.24, 2.45) is 0 Å². The lowest BCUT2D eigenvalue weighted by molar-refractivity contribution is -0.137. The summed E-state index contributed by atoms with van der Waals surface area (Å²) in [6, 6.07) is 0. The number of aryl methyl sites for hydroxylation is 1. The second kappa shape index (κ2) is 6.78. The molecular formula is C12H19N3O3. The number of carboxylic acids is 1. The molecule has 3 N–H and O–H groups in total. The highest BCUT2D eigenvalue weighted by Gasteiger charge is 2.08. The van der Waals surface area contributed by atoms with E-state index in [1.807, 2.05) is 6.92 Å². The molecule has 0 amide bonds. The zero-order valence-corrected chi connectivity index (χ0v) is 10.7. The van der Waals surface area contributed by atoms with Crippen LogP contribution in [0.3, 0.4) is 0 Å². The van der Waals surface area contributed by atoms with Crippen LogP contribution in [0.4, 0.5) is 5.95 Å². The van der Waals surface area contributed by atoms with E-state index < -0.39 is 5.97 Å². The Kier molecular flexibility index (Phi) is 5.35. The quantitative estimate of drug-likeness (QED) is 0.637. The zero-order chi connectivity index (χ0) is 13.5. The third-order valence-corrected chi connectivity index (χ3v) is 2.63. The van der Waals surface area contributed by atoms with E-state index in [2.05, 4.69) is 15.3 Å². The van der Waals surface area contributed by atoms with Gasteiger partial charge in [0.05, 0.1) is 0 Å². The lowest BCUT2D eigenvalue weighted by Crippen LogP contribution is -2.19. The van der Waals surface area contributed by atoms with Crippen LogP contribution in [-0.2, 0) is 11.2 Å². The molecule has 0 aliphatic carbocycles. The Balaban J connectivity index is 2.66. The number of aromatic nitrogens is 2. The second-order valence-electron chi connectivity index (χ2n) is 4.11. The fraction of sp³-hybridized carbons (Fsp3) is 0.583. The van der Waals surface area contributed by atoms with E-state index in [9.17, 15) is 9.59 Å². The summed E-state index contributed by atoms with van der Waals surface area (Å²) in [5.74, 6) is -0.324. The van der Waals surface area contributed by atoms with E-state index >= 15 is 0 Å². The largest absolute Gasteiger partial charge is 0.481 e. The molecule has 0 bridgehead atoms. The first kappa shape index (κ1) is 14.2. The number of anilines is 1. The molecule has 0 unspecified atom stereocenters. The number of aromatic amines is 1. The van der Waals surface area contributed by atoms with Crippen molar-refractivity contribution in [2.45, 2.75) is 39.5 Å². The monoisotopic (exact) mass is 253 g/mol. The molecule has 0 aliphatic rings. The summed E-state index contributed by atoms with van der Waals surface area (Å²) in [5, 5.41) is 11.5. The number of nitrogens with zero attached hydrogens (tertiary/aromatic N) is 1. The van der Waals surface area contributed by atoms with E-state index in [1.54, 1.807) is 6.92 Å². The number of hydrogen-bond acceptors (Lipinski definition) is 4. The Morgan fingerprint density at radius 1 is 1.44 bits per heavy atom. The highest BCUT2D eigenvalue weighted by Crippen LogP contribution is 2.07. The van der Waals surface area contributed by atoms with Gasteiger partial charge in [-0.3, -0.25) is 14.6 Å². The summed E-state index contributed by atoms with van der Waals surface area (Å²) >= 11 is 0. The van der Waals surface area contributed by atoms with Crippen molar-refractivity contribution in [2.75, 3.05) is 11.9 Å². The predicted octanol–water partition coefficient (Wildman–Crippen LogP) is 1.31. The van der Waals surface area contributed by atoms with Gasteiger partial charge in [0.25, 0.3) is 5.56 Å². The Bertz CT molecular complexity index is 468. The molecule has 0 spiro atoms. The van der Waals surface area contributed by atoms with Gasteiger partial charge in [-0.05, 0) is 33.1 Å². The molecule has 1 heterocycles. The van der Waals surface area contributed by atoms with Crippen LogP contribution in [0.2, 0.25) is 0 Å². The smallest absolute Gasteiger partial charge is 0.303 e. The molecule has 0 saturated heterocycles. The Morgan fingerprint density at radius 3 is 2.72 bits per heavy atom. The minimum Gasteiger partial charge on any atom is -0.481 e. The van der Waals surface area contributed by atoms with Crippen LogP contribution in [-0.4, -0.2) is 27.6 Å². The van der Waals surface area contributed by atoms with Gasteiger partial charge in [0.2, 0.25) is 5.95 Å². The van der Waals surface area contributed by atoms with Crippen LogP contribution in [0.1, 0.15) is 37.4 Å². The number of H-pyrrole nitrogens is 1. The number of carboxylic acid groups (broad SMARTS) is 1. The van der Waals surface area contributed by atoms with E-state index in [0.29, 0.717) is 43.0 Å². The van der Waals surface area contributed by atoms with Gasteiger partial charge < -0.3 is 10.4 Å². The molecule has 0 aliphatic heterocycles. The van der Waals surface area contributed by atoms with Crippen LogP contribution in [0.25, 0.3) is 0 Å². The summed E-state index contributed by atoms with van der Waals surface area (Å²) < 4.78 is 0. The average molecular weight is 253 g/mol. The first-order valence-corrected chi connectivity index (χ1v) is 6.10. The molecular weight excluding hydrogens is 234 g/mol. The fourth-order valence-electron chi connectivity index (χ4n) is 1.73. The van der Waals surface area contributed by atoms with Crippen molar-refractivity contribution in [1.29, 1.82) is 0 Å². The van der Waals surface area contributed by atoms with Gasteiger partial charge >= 0.3 is 5.97 Å². The average Bonchev–Trinajstić information content (AvgIpc) is 2.27. The molecule has 6 heteroatoms. The molecule has 0 atom stereocenters.